The summed E-state index contributed by atoms with van der Waals surface area (Å²) < 4.78 is 0. The molecule has 82 valence electrons. The smallest absolute Gasteiger partial charge is 0.317 e. The molecule has 2 N–H and O–H groups in total. The van der Waals surface area contributed by atoms with Crippen LogP contribution < -0.4 is 5.32 Å². The lowest BCUT2D eigenvalue weighted by Gasteiger charge is -2.26. The van der Waals surface area contributed by atoms with Gasteiger partial charge in [0, 0.05) is 19.1 Å². The van der Waals surface area contributed by atoms with Crippen LogP contribution in [0.3, 0.4) is 0 Å². The van der Waals surface area contributed by atoms with Gasteiger partial charge >= 0.3 is 12.0 Å². The van der Waals surface area contributed by atoms with E-state index in [0.29, 0.717) is 13.1 Å². The molecule has 0 fully saturated rings. The van der Waals surface area contributed by atoms with E-state index in [-0.39, 0.29) is 18.5 Å². The maximum Gasteiger partial charge on any atom is 0.317 e. The first-order valence-corrected chi connectivity index (χ1v) is 4.79. The Bertz CT molecular complexity index is 206. The molecule has 0 radical (unpaired) electrons. The van der Waals surface area contributed by atoms with E-state index >= 15 is 0 Å². The van der Waals surface area contributed by atoms with Crippen LogP contribution in [0.5, 0.6) is 0 Å². The number of aliphatic carboxylic acids is 1. The van der Waals surface area contributed by atoms with Gasteiger partial charge in [0.25, 0.3) is 0 Å². The predicted molar refractivity (Wildman–Crippen MR) is 53.2 cm³/mol. The number of carbonyl (C=O) groups excluding carboxylic acids is 1. The maximum absolute atomic E-state index is 11.4. The first-order valence-electron chi connectivity index (χ1n) is 4.79. The van der Waals surface area contributed by atoms with Crippen LogP contribution in [0, 0.1) is 0 Å². The maximum atomic E-state index is 11.4. The first-order chi connectivity index (χ1) is 6.52. The summed E-state index contributed by atoms with van der Waals surface area (Å²) in [6.07, 6.45) is -0.0228. The minimum atomic E-state index is -0.889. The molecular weight excluding hydrogens is 184 g/mol. The minimum absolute atomic E-state index is 0.0228. The SMILES string of the molecule is CCNC(=O)N(CC)C(C)CC(=O)O. The summed E-state index contributed by atoms with van der Waals surface area (Å²) in [6, 6.07) is -0.479. The van der Waals surface area contributed by atoms with Gasteiger partial charge in [-0.3, -0.25) is 4.79 Å². The molecule has 2 amide bonds. The van der Waals surface area contributed by atoms with Crippen molar-refractivity contribution in [3.8, 4) is 0 Å². The summed E-state index contributed by atoms with van der Waals surface area (Å²) in [7, 11) is 0. The molecule has 0 bridgehead atoms. The molecule has 0 aliphatic rings. The molecule has 0 aromatic heterocycles. The number of nitrogens with zero attached hydrogens (tertiary/aromatic N) is 1. The average molecular weight is 202 g/mol. The number of hydrogen-bond donors (Lipinski definition) is 2. The number of hydrogen-bond acceptors (Lipinski definition) is 2. The molecule has 0 aliphatic carbocycles. The summed E-state index contributed by atoms with van der Waals surface area (Å²) in [5, 5.41) is 11.2. The molecule has 0 aromatic rings. The van der Waals surface area contributed by atoms with E-state index in [4.69, 9.17) is 5.11 Å². The standard InChI is InChI=1S/C9H18N2O3/c1-4-10-9(14)11(5-2)7(3)6-8(12)13/h7H,4-6H2,1-3H3,(H,10,14)(H,12,13). The second-order valence-electron chi connectivity index (χ2n) is 3.07. The Labute approximate surface area is 84.1 Å². The fourth-order valence-corrected chi connectivity index (χ4v) is 1.27. The Hall–Kier alpha value is -1.26. The molecule has 0 aliphatic heterocycles. The van der Waals surface area contributed by atoms with Crippen molar-refractivity contribution in [3.05, 3.63) is 0 Å². The normalized spacial score (nSPS) is 11.9. The van der Waals surface area contributed by atoms with E-state index < -0.39 is 5.97 Å². The summed E-state index contributed by atoms with van der Waals surface area (Å²) in [5.41, 5.74) is 0. The minimum Gasteiger partial charge on any atom is -0.481 e. The van der Waals surface area contributed by atoms with Crippen LogP contribution in [0.1, 0.15) is 27.2 Å². The predicted octanol–water partition coefficient (Wildman–Crippen LogP) is 0.901. The number of carboxylic acid groups (broad SMARTS) is 1. The van der Waals surface area contributed by atoms with E-state index in [1.807, 2.05) is 13.8 Å². The van der Waals surface area contributed by atoms with Crippen LogP contribution in [-0.4, -0.2) is 41.1 Å². The molecule has 1 unspecified atom stereocenters. The molecule has 0 aromatic carbocycles. The number of rotatable bonds is 5. The summed E-state index contributed by atoms with van der Waals surface area (Å²) >= 11 is 0. The molecule has 0 rings (SSSR count). The highest BCUT2D eigenvalue weighted by molar-refractivity contribution is 5.75. The molecule has 14 heavy (non-hydrogen) atoms. The van der Waals surface area contributed by atoms with Crippen LogP contribution in [-0.2, 0) is 4.79 Å². The van der Waals surface area contributed by atoms with Crippen molar-refractivity contribution in [3.63, 3.8) is 0 Å². The lowest BCUT2D eigenvalue weighted by molar-refractivity contribution is -0.138. The number of carbonyl (C=O) groups is 2. The van der Waals surface area contributed by atoms with E-state index in [1.54, 1.807) is 6.92 Å². The van der Waals surface area contributed by atoms with Crippen molar-refractivity contribution < 1.29 is 14.7 Å². The van der Waals surface area contributed by atoms with Crippen LogP contribution >= 0.6 is 0 Å². The molecule has 0 saturated heterocycles. The van der Waals surface area contributed by atoms with Gasteiger partial charge in [0.1, 0.15) is 0 Å². The van der Waals surface area contributed by atoms with Gasteiger partial charge in [0.2, 0.25) is 0 Å². The molecular formula is C9H18N2O3. The third-order valence-electron chi connectivity index (χ3n) is 1.93. The van der Waals surface area contributed by atoms with Crippen LogP contribution in [0.25, 0.3) is 0 Å². The molecule has 5 heteroatoms. The van der Waals surface area contributed by atoms with E-state index in [9.17, 15) is 9.59 Å². The molecule has 0 saturated carbocycles. The summed E-state index contributed by atoms with van der Waals surface area (Å²) in [6.45, 7) is 6.45. The highest BCUT2D eigenvalue weighted by Crippen LogP contribution is 2.03. The zero-order valence-corrected chi connectivity index (χ0v) is 8.91. The Morgan fingerprint density at radius 3 is 2.36 bits per heavy atom. The number of carboxylic acids is 1. The Kier molecular flexibility index (Phi) is 5.67. The van der Waals surface area contributed by atoms with Gasteiger partial charge in [-0.15, -0.1) is 0 Å². The van der Waals surface area contributed by atoms with Crippen LogP contribution in [0.2, 0.25) is 0 Å². The van der Waals surface area contributed by atoms with Crippen molar-refractivity contribution in [2.45, 2.75) is 33.2 Å². The van der Waals surface area contributed by atoms with Gasteiger partial charge in [0.15, 0.2) is 0 Å². The zero-order chi connectivity index (χ0) is 11.1. The van der Waals surface area contributed by atoms with Crippen molar-refractivity contribution in [2.75, 3.05) is 13.1 Å². The topological polar surface area (TPSA) is 69.6 Å². The fraction of sp³-hybridized carbons (Fsp3) is 0.778. The van der Waals surface area contributed by atoms with Gasteiger partial charge in [-0.1, -0.05) is 0 Å². The summed E-state index contributed by atoms with van der Waals surface area (Å²) in [5.74, 6) is -0.889. The van der Waals surface area contributed by atoms with Gasteiger partial charge < -0.3 is 15.3 Å². The van der Waals surface area contributed by atoms with Crippen LogP contribution in [0.15, 0.2) is 0 Å². The van der Waals surface area contributed by atoms with Crippen molar-refractivity contribution >= 4 is 12.0 Å². The quantitative estimate of drug-likeness (QED) is 0.696. The number of nitrogens with one attached hydrogen (secondary N) is 1. The Balaban J connectivity index is 4.23. The summed E-state index contributed by atoms with van der Waals surface area (Å²) in [4.78, 5) is 23.4. The first kappa shape index (κ1) is 12.7. The Morgan fingerprint density at radius 1 is 1.43 bits per heavy atom. The monoisotopic (exact) mass is 202 g/mol. The second kappa shape index (κ2) is 6.23. The van der Waals surface area contributed by atoms with Gasteiger partial charge in [-0.2, -0.15) is 0 Å². The van der Waals surface area contributed by atoms with Crippen molar-refractivity contribution in [2.24, 2.45) is 0 Å². The lowest BCUT2D eigenvalue weighted by Crippen LogP contribution is -2.45. The van der Waals surface area contributed by atoms with Crippen molar-refractivity contribution in [1.82, 2.24) is 10.2 Å². The Morgan fingerprint density at radius 2 is 2.00 bits per heavy atom. The largest absolute Gasteiger partial charge is 0.481 e. The van der Waals surface area contributed by atoms with E-state index in [2.05, 4.69) is 5.32 Å². The third-order valence-corrected chi connectivity index (χ3v) is 1.93. The molecule has 1 atom stereocenters. The van der Waals surface area contributed by atoms with Gasteiger partial charge in [-0.25, -0.2) is 4.79 Å². The van der Waals surface area contributed by atoms with Crippen molar-refractivity contribution in [1.29, 1.82) is 0 Å². The molecule has 5 nitrogen and oxygen atoms in total. The van der Waals surface area contributed by atoms with E-state index in [0.717, 1.165) is 0 Å². The van der Waals surface area contributed by atoms with Gasteiger partial charge in [-0.05, 0) is 20.8 Å². The van der Waals surface area contributed by atoms with E-state index in [1.165, 1.54) is 4.90 Å². The highest BCUT2D eigenvalue weighted by Gasteiger charge is 2.19. The average Bonchev–Trinajstić information content (AvgIpc) is 2.04. The fourth-order valence-electron chi connectivity index (χ4n) is 1.27. The number of amides is 2. The molecule has 0 heterocycles. The number of urea groups is 1. The molecule has 0 spiro atoms. The van der Waals surface area contributed by atoms with Gasteiger partial charge in [0.05, 0.1) is 6.42 Å². The van der Waals surface area contributed by atoms with Crippen LogP contribution in [0.4, 0.5) is 4.79 Å². The zero-order valence-electron chi connectivity index (χ0n) is 8.91. The highest BCUT2D eigenvalue weighted by atomic mass is 16.4. The second-order valence-corrected chi connectivity index (χ2v) is 3.07. The lowest BCUT2D eigenvalue weighted by atomic mass is 10.2. The third kappa shape index (κ3) is 4.11.